The zero-order valence-electron chi connectivity index (χ0n) is 58.6. The summed E-state index contributed by atoms with van der Waals surface area (Å²) >= 11 is 0. The van der Waals surface area contributed by atoms with Crippen LogP contribution in [0.2, 0.25) is 0 Å². The molecule has 0 aliphatic rings. The summed E-state index contributed by atoms with van der Waals surface area (Å²) in [5.41, 5.74) is 0. The Bertz CT molecular complexity index is 1770. The summed E-state index contributed by atoms with van der Waals surface area (Å²) in [6.45, 7) is 11.8. The SMILES string of the molecule is CCCCCCCCCC(=O)OC[C@H](COP(=O)(O)OC[C@H](O)COP(=O)(O)OC[C@@H](COC(=O)CCCCCCCCCCCCCCC(C)C)OC(=O)CCCCCCCCCCCCCCCCCCC(C)C)OC(=O)CCCCCCCCC(C)C. The van der Waals surface area contributed by atoms with Crippen molar-refractivity contribution in [2.75, 3.05) is 39.6 Å². The van der Waals surface area contributed by atoms with Gasteiger partial charge in [-0.25, -0.2) is 9.13 Å². The predicted molar refractivity (Wildman–Crippen MR) is 363 cm³/mol. The molecule has 0 aliphatic carbocycles. The summed E-state index contributed by atoms with van der Waals surface area (Å²) in [6.07, 6.45) is 46.2. The molecule has 0 amide bonds. The maximum Gasteiger partial charge on any atom is 0.472 e. The van der Waals surface area contributed by atoms with Crippen LogP contribution in [0.4, 0.5) is 0 Å². The van der Waals surface area contributed by atoms with E-state index in [1.54, 1.807) is 0 Å². The van der Waals surface area contributed by atoms with Crippen LogP contribution in [0.1, 0.15) is 357 Å². The van der Waals surface area contributed by atoms with E-state index < -0.39 is 97.5 Å². The molecule has 0 aromatic rings. The van der Waals surface area contributed by atoms with E-state index in [9.17, 15) is 43.2 Å². The average molecular weight is 1330 g/mol. The van der Waals surface area contributed by atoms with Gasteiger partial charge in [0.05, 0.1) is 26.4 Å². The Labute approximate surface area is 549 Å². The molecule has 19 heteroatoms. The number of phosphoric ester groups is 2. The van der Waals surface area contributed by atoms with Gasteiger partial charge in [0.2, 0.25) is 0 Å². The summed E-state index contributed by atoms with van der Waals surface area (Å²) in [6, 6.07) is 0. The summed E-state index contributed by atoms with van der Waals surface area (Å²) in [7, 11) is -9.90. The number of hydrogen-bond acceptors (Lipinski definition) is 15. The van der Waals surface area contributed by atoms with Gasteiger partial charge in [0.25, 0.3) is 0 Å². The van der Waals surface area contributed by atoms with Crippen LogP contribution in [0.25, 0.3) is 0 Å². The molecule has 3 N–H and O–H groups in total. The van der Waals surface area contributed by atoms with E-state index in [2.05, 4.69) is 48.5 Å². The standard InChI is InChI=1S/C71H138O17P2/c1-8-9-10-11-28-38-45-52-68(73)81-58-67(88-71(76)55-48-41-34-33-37-44-51-64(6)7)61-86-90(79,80)84-57-65(72)56-83-89(77,78)85-60-66(59-82-69(74)53-46-39-31-26-22-19-18-21-25-30-36-43-50-63(4)5)87-70(75)54-47-40-32-27-23-17-15-13-12-14-16-20-24-29-35-42-49-62(2)3/h62-67,72H,8-61H2,1-7H3,(H,77,78)(H,79,80)/t65-,66-,67-/m1/s1. The second-order valence-corrected chi connectivity index (χ2v) is 30.0. The fourth-order valence-corrected chi connectivity index (χ4v) is 12.3. The molecule has 534 valence electrons. The molecule has 0 aromatic heterocycles. The Morgan fingerprint density at radius 3 is 0.756 bits per heavy atom. The lowest BCUT2D eigenvalue weighted by molar-refractivity contribution is -0.161. The maximum atomic E-state index is 13.0. The first-order valence-electron chi connectivity index (χ1n) is 36.8. The Morgan fingerprint density at radius 2 is 0.511 bits per heavy atom. The Morgan fingerprint density at radius 1 is 0.300 bits per heavy atom. The van der Waals surface area contributed by atoms with E-state index >= 15 is 0 Å². The smallest absolute Gasteiger partial charge is 0.462 e. The molecule has 0 saturated heterocycles. The maximum absolute atomic E-state index is 13.0. The number of carbonyl (C=O) groups is 4. The summed E-state index contributed by atoms with van der Waals surface area (Å²) in [4.78, 5) is 72.4. The van der Waals surface area contributed by atoms with Crippen molar-refractivity contribution < 1.29 is 80.2 Å². The van der Waals surface area contributed by atoms with Crippen molar-refractivity contribution in [2.45, 2.75) is 375 Å². The molecule has 17 nitrogen and oxygen atoms in total. The largest absolute Gasteiger partial charge is 0.472 e. The monoisotopic (exact) mass is 1320 g/mol. The molecule has 0 heterocycles. The third-order valence-corrected chi connectivity index (χ3v) is 18.3. The summed E-state index contributed by atoms with van der Waals surface area (Å²) < 4.78 is 68.2. The average Bonchev–Trinajstić information content (AvgIpc) is 3.71. The van der Waals surface area contributed by atoms with Gasteiger partial charge in [0.1, 0.15) is 19.3 Å². The minimum absolute atomic E-state index is 0.102. The fraction of sp³-hybridized carbons (Fsp3) is 0.944. The first kappa shape index (κ1) is 88.1. The van der Waals surface area contributed by atoms with Crippen LogP contribution in [-0.2, 0) is 65.4 Å². The van der Waals surface area contributed by atoms with Crippen molar-refractivity contribution in [1.29, 1.82) is 0 Å². The summed E-state index contributed by atoms with van der Waals surface area (Å²) in [5.74, 6) is 0.127. The van der Waals surface area contributed by atoms with Crippen LogP contribution in [0.15, 0.2) is 0 Å². The van der Waals surface area contributed by atoms with Gasteiger partial charge in [-0.3, -0.25) is 37.3 Å². The van der Waals surface area contributed by atoms with Gasteiger partial charge < -0.3 is 33.8 Å². The Hall–Kier alpha value is -1.94. The second kappa shape index (κ2) is 61.9. The van der Waals surface area contributed by atoms with Gasteiger partial charge in [0, 0.05) is 25.7 Å². The lowest BCUT2D eigenvalue weighted by atomic mass is 10.0. The number of unbranched alkanes of at least 4 members (excludes halogenated alkanes) is 37. The fourth-order valence-electron chi connectivity index (χ4n) is 10.7. The van der Waals surface area contributed by atoms with E-state index in [0.717, 1.165) is 115 Å². The summed E-state index contributed by atoms with van der Waals surface area (Å²) in [5, 5.41) is 10.6. The predicted octanol–water partition coefficient (Wildman–Crippen LogP) is 20.2. The number of aliphatic hydroxyl groups is 1. The van der Waals surface area contributed by atoms with E-state index in [1.165, 1.54) is 154 Å². The van der Waals surface area contributed by atoms with Crippen LogP contribution in [0.3, 0.4) is 0 Å². The van der Waals surface area contributed by atoms with Crippen LogP contribution in [-0.4, -0.2) is 96.7 Å². The van der Waals surface area contributed by atoms with Gasteiger partial charge in [0.15, 0.2) is 12.2 Å². The molecule has 0 fully saturated rings. The zero-order valence-corrected chi connectivity index (χ0v) is 60.4. The van der Waals surface area contributed by atoms with Gasteiger partial charge in [-0.1, -0.05) is 305 Å². The number of aliphatic hydroxyl groups excluding tert-OH is 1. The van der Waals surface area contributed by atoms with Crippen molar-refractivity contribution in [1.82, 2.24) is 0 Å². The van der Waals surface area contributed by atoms with Crippen molar-refractivity contribution in [3.05, 3.63) is 0 Å². The van der Waals surface area contributed by atoms with Crippen molar-refractivity contribution >= 4 is 39.5 Å². The van der Waals surface area contributed by atoms with E-state index in [0.29, 0.717) is 31.6 Å². The first-order valence-corrected chi connectivity index (χ1v) is 39.8. The topological polar surface area (TPSA) is 237 Å². The van der Waals surface area contributed by atoms with Crippen LogP contribution in [0.5, 0.6) is 0 Å². The van der Waals surface area contributed by atoms with E-state index in [-0.39, 0.29) is 25.7 Å². The zero-order chi connectivity index (χ0) is 66.6. The number of esters is 4. The van der Waals surface area contributed by atoms with Crippen molar-refractivity contribution in [3.63, 3.8) is 0 Å². The third kappa shape index (κ3) is 64.8. The van der Waals surface area contributed by atoms with E-state index in [1.807, 2.05) is 0 Å². The highest BCUT2D eigenvalue weighted by atomic mass is 31.2. The van der Waals surface area contributed by atoms with Gasteiger partial charge >= 0.3 is 39.5 Å². The number of hydrogen-bond donors (Lipinski definition) is 3. The van der Waals surface area contributed by atoms with Gasteiger partial charge in [-0.15, -0.1) is 0 Å². The molecule has 0 spiro atoms. The molecule has 5 atom stereocenters. The Balaban J connectivity index is 5.17. The van der Waals surface area contributed by atoms with Crippen LogP contribution < -0.4 is 0 Å². The molecule has 0 bridgehead atoms. The number of carbonyl (C=O) groups excluding carboxylic acids is 4. The van der Waals surface area contributed by atoms with E-state index in [4.69, 9.17) is 37.0 Å². The molecule has 90 heavy (non-hydrogen) atoms. The quantitative estimate of drug-likeness (QED) is 0.0222. The molecular formula is C71H138O17P2. The normalized spacial score (nSPS) is 14.2. The first-order chi connectivity index (χ1) is 43.2. The second-order valence-electron chi connectivity index (χ2n) is 27.1. The van der Waals surface area contributed by atoms with Gasteiger partial charge in [-0.2, -0.15) is 0 Å². The highest BCUT2D eigenvalue weighted by Crippen LogP contribution is 2.45. The minimum Gasteiger partial charge on any atom is -0.462 e. The number of ether oxygens (including phenoxy) is 4. The third-order valence-electron chi connectivity index (χ3n) is 16.4. The Kier molecular flexibility index (Phi) is 60.6. The lowest BCUT2D eigenvalue weighted by Gasteiger charge is -2.21. The molecule has 2 unspecified atom stereocenters. The van der Waals surface area contributed by atoms with Crippen LogP contribution >= 0.6 is 15.6 Å². The van der Waals surface area contributed by atoms with Gasteiger partial charge in [-0.05, 0) is 43.4 Å². The number of rotatable bonds is 69. The molecular weight excluding hydrogens is 1190 g/mol. The lowest BCUT2D eigenvalue weighted by Crippen LogP contribution is -2.30. The highest BCUT2D eigenvalue weighted by molar-refractivity contribution is 7.47. The minimum atomic E-state index is -4.95. The molecule has 0 radical (unpaired) electrons. The molecule has 0 aromatic carbocycles. The highest BCUT2D eigenvalue weighted by Gasteiger charge is 2.30. The molecule has 0 saturated carbocycles. The van der Waals surface area contributed by atoms with Crippen molar-refractivity contribution in [2.24, 2.45) is 17.8 Å². The number of phosphoric acid groups is 2. The van der Waals surface area contributed by atoms with Crippen molar-refractivity contribution in [3.8, 4) is 0 Å². The molecule has 0 rings (SSSR count). The van der Waals surface area contributed by atoms with Crippen LogP contribution in [0, 0.1) is 17.8 Å². The molecule has 0 aliphatic heterocycles.